The molecule has 1 amide bonds. The molecule has 1 aliphatic heterocycles. The summed E-state index contributed by atoms with van der Waals surface area (Å²) in [5.41, 5.74) is 2.94. The molecule has 4 rings (SSSR count). The Labute approximate surface area is 153 Å². The van der Waals surface area contributed by atoms with Gasteiger partial charge in [-0.05, 0) is 36.9 Å². The van der Waals surface area contributed by atoms with Crippen LogP contribution in [0.1, 0.15) is 67.1 Å². The molecule has 1 saturated heterocycles. The molecule has 2 aromatic rings. The summed E-state index contributed by atoms with van der Waals surface area (Å²) in [5, 5.41) is 6.27. The summed E-state index contributed by atoms with van der Waals surface area (Å²) < 4.78 is 0. The quantitative estimate of drug-likeness (QED) is 0.773. The first-order valence-electron chi connectivity index (χ1n) is 9.29. The van der Waals surface area contributed by atoms with Crippen LogP contribution >= 0.6 is 0 Å². The van der Waals surface area contributed by atoms with Gasteiger partial charge in [-0.15, -0.1) is 0 Å². The molecule has 26 heavy (non-hydrogen) atoms. The number of aromatic amines is 1. The lowest BCUT2D eigenvalue weighted by Gasteiger charge is -2.39. The maximum Gasteiger partial charge on any atom is 0.270 e. The molecule has 0 spiro atoms. The van der Waals surface area contributed by atoms with E-state index >= 15 is 0 Å². The number of ketones is 1. The molecule has 2 aliphatic rings. The van der Waals surface area contributed by atoms with Gasteiger partial charge in [-0.2, -0.15) is 0 Å². The molecule has 138 valence electrons. The van der Waals surface area contributed by atoms with Crippen LogP contribution in [0.15, 0.2) is 12.1 Å². The maximum absolute atomic E-state index is 12.9. The zero-order valence-electron chi connectivity index (χ0n) is 15.8. The largest absolute Gasteiger partial charge is 0.351 e. The van der Waals surface area contributed by atoms with E-state index in [0.29, 0.717) is 11.4 Å². The highest BCUT2D eigenvalue weighted by Gasteiger charge is 2.46. The zero-order valence-corrected chi connectivity index (χ0v) is 15.8. The van der Waals surface area contributed by atoms with Crippen LogP contribution in [0.3, 0.4) is 0 Å². The minimum absolute atomic E-state index is 0.118. The number of rotatable bonds is 2. The molecule has 1 fully saturated rings. The zero-order chi connectivity index (χ0) is 18.7. The first-order valence-corrected chi connectivity index (χ1v) is 9.29. The van der Waals surface area contributed by atoms with Crippen molar-refractivity contribution in [3.8, 4) is 0 Å². The van der Waals surface area contributed by atoms with Gasteiger partial charge in [-0.25, -0.2) is 4.98 Å². The van der Waals surface area contributed by atoms with E-state index in [-0.39, 0.29) is 23.1 Å². The van der Waals surface area contributed by atoms with Gasteiger partial charge in [-0.3, -0.25) is 9.59 Å². The number of hydrogen-bond donors (Lipinski definition) is 3. The number of nitrogens with zero attached hydrogens (tertiary/aromatic N) is 1. The molecule has 0 radical (unpaired) electrons. The Morgan fingerprint density at radius 2 is 2.00 bits per heavy atom. The Balaban J connectivity index is 1.77. The van der Waals surface area contributed by atoms with Gasteiger partial charge in [0.2, 0.25) is 0 Å². The van der Waals surface area contributed by atoms with Crippen LogP contribution in [-0.2, 0) is 5.41 Å². The van der Waals surface area contributed by atoms with Crippen molar-refractivity contribution in [1.29, 1.82) is 0 Å². The molecule has 0 saturated carbocycles. The lowest BCUT2D eigenvalue weighted by molar-refractivity contribution is 0.0759. The van der Waals surface area contributed by atoms with Crippen LogP contribution in [0.5, 0.6) is 0 Å². The van der Waals surface area contributed by atoms with Crippen LogP contribution in [0.2, 0.25) is 0 Å². The molecule has 1 aliphatic carbocycles. The summed E-state index contributed by atoms with van der Waals surface area (Å²) in [6.07, 6.45) is 1.69. The average molecular weight is 354 g/mol. The number of fused-ring (bicyclic) bond motifs is 3. The Morgan fingerprint density at radius 3 is 2.69 bits per heavy atom. The molecule has 0 aromatic carbocycles. The number of H-pyrrole nitrogens is 1. The summed E-state index contributed by atoms with van der Waals surface area (Å²) in [6.45, 7) is 10.00. The third-order valence-electron chi connectivity index (χ3n) is 5.67. The minimum atomic E-state index is -0.410. The Morgan fingerprint density at radius 1 is 1.23 bits per heavy atom. The highest BCUT2D eigenvalue weighted by atomic mass is 16.2. The van der Waals surface area contributed by atoms with E-state index in [2.05, 4.69) is 34.4 Å². The number of Topliss-reactive ketones (excluding diaryl/α,β-unsaturated/α-hetero) is 1. The minimum Gasteiger partial charge on any atom is -0.351 e. The van der Waals surface area contributed by atoms with Crippen molar-refractivity contribution in [2.45, 2.75) is 52.0 Å². The lowest BCUT2D eigenvalue weighted by Crippen LogP contribution is -2.39. The Kier molecular flexibility index (Phi) is 3.74. The van der Waals surface area contributed by atoms with Crippen LogP contribution in [0, 0.1) is 5.41 Å². The third-order valence-corrected chi connectivity index (χ3v) is 5.67. The molecule has 6 heteroatoms. The van der Waals surface area contributed by atoms with Crippen molar-refractivity contribution in [1.82, 2.24) is 20.6 Å². The topological polar surface area (TPSA) is 86.9 Å². The van der Waals surface area contributed by atoms with E-state index in [9.17, 15) is 9.59 Å². The number of aromatic nitrogens is 2. The van der Waals surface area contributed by atoms with Crippen molar-refractivity contribution < 1.29 is 9.59 Å². The number of hydrogen-bond acceptors (Lipinski definition) is 4. The Bertz CT molecular complexity index is 904. The second-order valence-electron chi connectivity index (χ2n) is 8.90. The van der Waals surface area contributed by atoms with Crippen LogP contribution in [0.25, 0.3) is 11.0 Å². The van der Waals surface area contributed by atoms with Crippen molar-refractivity contribution in [3.63, 3.8) is 0 Å². The Hall–Kier alpha value is -2.21. The predicted octanol–water partition coefficient (Wildman–Crippen LogP) is 2.54. The van der Waals surface area contributed by atoms with E-state index in [4.69, 9.17) is 0 Å². The van der Waals surface area contributed by atoms with Gasteiger partial charge < -0.3 is 15.6 Å². The van der Waals surface area contributed by atoms with Gasteiger partial charge in [0.05, 0.1) is 16.7 Å². The molecule has 3 heterocycles. The second kappa shape index (κ2) is 5.64. The van der Waals surface area contributed by atoms with E-state index in [1.54, 1.807) is 6.07 Å². The van der Waals surface area contributed by atoms with E-state index in [1.807, 2.05) is 19.9 Å². The number of nitrogens with one attached hydrogen (secondary N) is 3. The molecular formula is C20H26N4O2. The summed E-state index contributed by atoms with van der Waals surface area (Å²) in [7, 11) is 0. The predicted molar refractivity (Wildman–Crippen MR) is 101 cm³/mol. The van der Waals surface area contributed by atoms with Crippen LogP contribution < -0.4 is 10.6 Å². The molecule has 1 atom stereocenters. The molecule has 1 unspecified atom stereocenters. The van der Waals surface area contributed by atoms with E-state index in [0.717, 1.165) is 42.5 Å². The summed E-state index contributed by atoms with van der Waals surface area (Å²) >= 11 is 0. The highest BCUT2D eigenvalue weighted by molar-refractivity contribution is 6.06. The fourth-order valence-electron chi connectivity index (χ4n) is 4.67. The first-order chi connectivity index (χ1) is 12.2. The van der Waals surface area contributed by atoms with Crippen molar-refractivity contribution in [2.24, 2.45) is 5.41 Å². The lowest BCUT2D eigenvalue weighted by atomic mass is 9.63. The molecule has 6 nitrogen and oxygen atoms in total. The van der Waals surface area contributed by atoms with Crippen LogP contribution in [-0.4, -0.2) is 40.8 Å². The fraction of sp³-hybridized carbons (Fsp3) is 0.550. The normalized spacial score (nSPS) is 23.8. The molecular weight excluding hydrogens is 328 g/mol. The van der Waals surface area contributed by atoms with Gasteiger partial charge in [0.1, 0.15) is 5.69 Å². The van der Waals surface area contributed by atoms with E-state index in [1.165, 1.54) is 0 Å². The summed E-state index contributed by atoms with van der Waals surface area (Å²) in [6, 6.07) is 3.74. The van der Waals surface area contributed by atoms with Crippen molar-refractivity contribution in [3.05, 3.63) is 29.1 Å². The first kappa shape index (κ1) is 17.2. The SMILES string of the molecule is CC1(C)CC(C)(C)c2c([nH]c3ccc(C(=O)NC4CCNC4)nc23)C1=O. The van der Waals surface area contributed by atoms with Gasteiger partial charge in [0.25, 0.3) is 5.91 Å². The highest BCUT2D eigenvalue weighted by Crippen LogP contribution is 2.47. The van der Waals surface area contributed by atoms with Crippen molar-refractivity contribution >= 4 is 22.7 Å². The molecule has 0 bridgehead atoms. The van der Waals surface area contributed by atoms with Crippen molar-refractivity contribution in [2.75, 3.05) is 13.1 Å². The number of pyridine rings is 1. The maximum atomic E-state index is 12.9. The monoisotopic (exact) mass is 354 g/mol. The smallest absolute Gasteiger partial charge is 0.270 e. The number of amides is 1. The second-order valence-corrected chi connectivity index (χ2v) is 8.90. The van der Waals surface area contributed by atoms with Gasteiger partial charge in [0, 0.05) is 23.6 Å². The van der Waals surface area contributed by atoms with Gasteiger partial charge in [-0.1, -0.05) is 27.7 Å². The molecule has 3 N–H and O–H groups in total. The molecule has 2 aromatic heterocycles. The standard InChI is InChI=1S/C20H26N4O2/c1-19(2)10-20(3,4)17(25)16-14(19)15-12(23-16)5-6-13(24-15)18(26)22-11-7-8-21-9-11/h5-6,11,21,23H,7-10H2,1-4H3,(H,22,26). The number of carbonyl (C=O) groups excluding carboxylic acids is 2. The van der Waals surface area contributed by atoms with Crippen LogP contribution in [0.4, 0.5) is 0 Å². The number of carbonyl (C=O) groups is 2. The summed E-state index contributed by atoms with van der Waals surface area (Å²) in [4.78, 5) is 33.4. The van der Waals surface area contributed by atoms with Gasteiger partial charge in [0.15, 0.2) is 5.78 Å². The fourth-order valence-corrected chi connectivity index (χ4v) is 4.67. The average Bonchev–Trinajstić information content (AvgIpc) is 3.18. The van der Waals surface area contributed by atoms with Gasteiger partial charge >= 0.3 is 0 Å². The van der Waals surface area contributed by atoms with E-state index < -0.39 is 5.41 Å². The summed E-state index contributed by atoms with van der Waals surface area (Å²) in [5.74, 6) is -0.0383. The third kappa shape index (κ3) is 2.63.